The summed E-state index contributed by atoms with van der Waals surface area (Å²) in [5.74, 6) is -1.07. The molecule has 0 aromatic heterocycles. The Morgan fingerprint density at radius 2 is 2.18 bits per heavy atom. The van der Waals surface area contributed by atoms with Gasteiger partial charge in [-0.05, 0) is 18.1 Å². The second kappa shape index (κ2) is 5.63. The van der Waals surface area contributed by atoms with Crippen LogP contribution in [0.3, 0.4) is 0 Å². The molecule has 0 aliphatic rings. The predicted octanol–water partition coefficient (Wildman–Crippen LogP) is 1.15. The summed E-state index contributed by atoms with van der Waals surface area (Å²) in [6, 6.07) is 4.05. The third-order valence-corrected chi connectivity index (χ3v) is 2.54. The molecule has 1 rings (SSSR count). The first-order chi connectivity index (χ1) is 7.93. The van der Waals surface area contributed by atoms with Crippen LogP contribution in [0.15, 0.2) is 18.2 Å². The monoisotopic (exact) mass is 240 g/mol. The van der Waals surface area contributed by atoms with Gasteiger partial charge in [-0.25, -0.2) is 4.39 Å². The standard InChI is InChI=1S/C12H17FN2O2/c1-7(2)10(16)6-15-12(17)8-4-3-5-9(13)11(8)14/h3-5,7,10,16H,6,14H2,1-2H3,(H,15,17). The van der Waals surface area contributed by atoms with Crippen LogP contribution in [0.4, 0.5) is 10.1 Å². The van der Waals surface area contributed by atoms with Gasteiger partial charge < -0.3 is 16.2 Å². The molecule has 0 saturated carbocycles. The quantitative estimate of drug-likeness (QED) is 0.691. The van der Waals surface area contributed by atoms with E-state index in [9.17, 15) is 14.3 Å². The summed E-state index contributed by atoms with van der Waals surface area (Å²) in [4.78, 5) is 11.7. The molecule has 0 radical (unpaired) electrons. The average molecular weight is 240 g/mol. The second-order valence-corrected chi connectivity index (χ2v) is 4.22. The molecular formula is C12H17FN2O2. The Morgan fingerprint density at radius 1 is 1.53 bits per heavy atom. The van der Waals surface area contributed by atoms with Gasteiger partial charge >= 0.3 is 0 Å². The smallest absolute Gasteiger partial charge is 0.253 e. The van der Waals surface area contributed by atoms with Gasteiger partial charge in [-0.2, -0.15) is 0 Å². The molecule has 94 valence electrons. The van der Waals surface area contributed by atoms with Crippen LogP contribution in [0.2, 0.25) is 0 Å². The number of rotatable bonds is 4. The van der Waals surface area contributed by atoms with Gasteiger partial charge in [-0.1, -0.05) is 19.9 Å². The Labute approximate surface area is 99.6 Å². The third kappa shape index (κ3) is 3.42. The number of carbonyl (C=O) groups excluding carboxylic acids is 1. The fourth-order valence-corrected chi connectivity index (χ4v) is 1.26. The normalized spacial score (nSPS) is 12.5. The SMILES string of the molecule is CC(C)C(O)CNC(=O)c1cccc(F)c1N. The Kier molecular flexibility index (Phi) is 4.45. The minimum absolute atomic E-state index is 0.0418. The van der Waals surface area contributed by atoms with Crippen LogP contribution in [-0.4, -0.2) is 23.7 Å². The lowest BCUT2D eigenvalue weighted by atomic mass is 10.1. The van der Waals surface area contributed by atoms with E-state index in [0.29, 0.717) is 0 Å². The predicted molar refractivity (Wildman–Crippen MR) is 64.0 cm³/mol. The third-order valence-electron chi connectivity index (χ3n) is 2.54. The summed E-state index contributed by atoms with van der Waals surface area (Å²) < 4.78 is 13.1. The number of aliphatic hydroxyl groups excluding tert-OH is 1. The first-order valence-electron chi connectivity index (χ1n) is 5.43. The van der Waals surface area contributed by atoms with Crippen molar-refractivity contribution in [3.8, 4) is 0 Å². The minimum Gasteiger partial charge on any atom is -0.396 e. The summed E-state index contributed by atoms with van der Waals surface area (Å²) in [6.07, 6.45) is -0.631. The first-order valence-corrected chi connectivity index (χ1v) is 5.43. The molecule has 0 heterocycles. The van der Waals surface area contributed by atoms with Crippen LogP contribution in [-0.2, 0) is 0 Å². The van der Waals surface area contributed by atoms with Crippen LogP contribution in [0.25, 0.3) is 0 Å². The average Bonchev–Trinajstić information content (AvgIpc) is 2.29. The van der Waals surface area contributed by atoms with Crippen molar-refractivity contribution in [3.05, 3.63) is 29.6 Å². The molecule has 1 aromatic carbocycles. The zero-order chi connectivity index (χ0) is 13.0. The van der Waals surface area contributed by atoms with E-state index in [0.717, 1.165) is 0 Å². The van der Waals surface area contributed by atoms with E-state index in [1.165, 1.54) is 18.2 Å². The van der Waals surface area contributed by atoms with Crippen LogP contribution >= 0.6 is 0 Å². The fraction of sp³-hybridized carbons (Fsp3) is 0.417. The van der Waals surface area contributed by atoms with Crippen molar-refractivity contribution in [2.45, 2.75) is 20.0 Å². The number of nitrogen functional groups attached to an aromatic ring is 1. The Balaban J connectivity index is 2.68. The number of aliphatic hydroxyl groups is 1. The molecule has 0 aliphatic heterocycles. The Morgan fingerprint density at radius 3 is 2.76 bits per heavy atom. The number of nitrogens with one attached hydrogen (secondary N) is 1. The van der Waals surface area contributed by atoms with E-state index in [2.05, 4.69) is 5.32 Å². The minimum atomic E-state index is -0.631. The van der Waals surface area contributed by atoms with E-state index in [1.54, 1.807) is 0 Å². The van der Waals surface area contributed by atoms with E-state index in [-0.39, 0.29) is 23.7 Å². The van der Waals surface area contributed by atoms with Gasteiger partial charge in [0.05, 0.1) is 17.4 Å². The highest BCUT2D eigenvalue weighted by Crippen LogP contribution is 2.15. The van der Waals surface area contributed by atoms with Gasteiger partial charge in [0.2, 0.25) is 0 Å². The molecule has 1 unspecified atom stereocenters. The summed E-state index contributed by atoms with van der Waals surface area (Å²) in [6.45, 7) is 3.80. The van der Waals surface area contributed by atoms with Crippen molar-refractivity contribution in [1.82, 2.24) is 5.32 Å². The zero-order valence-electron chi connectivity index (χ0n) is 9.90. The number of nitrogens with two attached hydrogens (primary N) is 1. The number of amides is 1. The lowest BCUT2D eigenvalue weighted by Crippen LogP contribution is -2.35. The van der Waals surface area contributed by atoms with Gasteiger partial charge in [0.1, 0.15) is 5.82 Å². The number of benzene rings is 1. The van der Waals surface area contributed by atoms with Gasteiger partial charge in [0.25, 0.3) is 5.91 Å². The van der Waals surface area contributed by atoms with E-state index >= 15 is 0 Å². The Hall–Kier alpha value is -1.62. The molecule has 1 atom stereocenters. The molecule has 4 N–H and O–H groups in total. The molecule has 1 amide bonds. The van der Waals surface area contributed by atoms with Crippen molar-refractivity contribution in [1.29, 1.82) is 0 Å². The topological polar surface area (TPSA) is 75.3 Å². The number of anilines is 1. The summed E-state index contributed by atoms with van der Waals surface area (Å²) in [5.41, 5.74) is 5.36. The zero-order valence-corrected chi connectivity index (χ0v) is 9.90. The molecule has 17 heavy (non-hydrogen) atoms. The summed E-state index contributed by atoms with van der Waals surface area (Å²) in [7, 11) is 0. The van der Waals surface area contributed by atoms with Gasteiger partial charge in [0, 0.05) is 6.54 Å². The van der Waals surface area contributed by atoms with Crippen molar-refractivity contribution in [2.24, 2.45) is 5.92 Å². The van der Waals surface area contributed by atoms with Crippen LogP contribution in [0.1, 0.15) is 24.2 Å². The lowest BCUT2D eigenvalue weighted by Gasteiger charge is -2.15. The largest absolute Gasteiger partial charge is 0.396 e. The lowest BCUT2D eigenvalue weighted by molar-refractivity contribution is 0.0872. The number of carbonyl (C=O) groups is 1. The van der Waals surface area contributed by atoms with E-state index < -0.39 is 17.8 Å². The Bertz CT molecular complexity index is 407. The maximum Gasteiger partial charge on any atom is 0.253 e. The summed E-state index contributed by atoms with van der Waals surface area (Å²) >= 11 is 0. The molecule has 4 nitrogen and oxygen atoms in total. The molecule has 0 fully saturated rings. The molecule has 0 saturated heterocycles. The molecule has 0 spiro atoms. The highest BCUT2D eigenvalue weighted by atomic mass is 19.1. The highest BCUT2D eigenvalue weighted by Gasteiger charge is 2.15. The molecular weight excluding hydrogens is 223 g/mol. The van der Waals surface area contributed by atoms with Crippen LogP contribution < -0.4 is 11.1 Å². The fourth-order valence-electron chi connectivity index (χ4n) is 1.26. The molecule has 0 bridgehead atoms. The highest BCUT2D eigenvalue weighted by molar-refractivity contribution is 5.99. The van der Waals surface area contributed by atoms with Crippen molar-refractivity contribution < 1.29 is 14.3 Å². The van der Waals surface area contributed by atoms with Crippen molar-refractivity contribution >= 4 is 11.6 Å². The maximum absolute atomic E-state index is 13.1. The number of hydrogen-bond donors (Lipinski definition) is 3. The van der Waals surface area contributed by atoms with Crippen molar-refractivity contribution in [2.75, 3.05) is 12.3 Å². The van der Waals surface area contributed by atoms with Crippen LogP contribution in [0, 0.1) is 11.7 Å². The number of para-hydroxylation sites is 1. The molecule has 0 aliphatic carbocycles. The van der Waals surface area contributed by atoms with Gasteiger partial charge in [-0.3, -0.25) is 4.79 Å². The number of hydrogen-bond acceptors (Lipinski definition) is 3. The van der Waals surface area contributed by atoms with E-state index in [1.807, 2.05) is 13.8 Å². The van der Waals surface area contributed by atoms with Gasteiger partial charge in [-0.15, -0.1) is 0 Å². The van der Waals surface area contributed by atoms with Crippen molar-refractivity contribution in [3.63, 3.8) is 0 Å². The number of halogens is 1. The van der Waals surface area contributed by atoms with Crippen LogP contribution in [0.5, 0.6) is 0 Å². The van der Waals surface area contributed by atoms with Gasteiger partial charge in [0.15, 0.2) is 0 Å². The van der Waals surface area contributed by atoms with E-state index in [4.69, 9.17) is 5.73 Å². The maximum atomic E-state index is 13.1. The summed E-state index contributed by atoms with van der Waals surface area (Å²) in [5, 5.41) is 12.0. The second-order valence-electron chi connectivity index (χ2n) is 4.22. The molecule has 5 heteroatoms. The first kappa shape index (κ1) is 13.4. The molecule has 1 aromatic rings.